The molecule has 0 saturated heterocycles. The first-order valence-electron chi connectivity index (χ1n) is 6.09. The first-order valence-corrected chi connectivity index (χ1v) is 7.53. The number of benzene rings is 1. The third kappa shape index (κ3) is 3.32. The molecule has 0 amide bonds. The van der Waals surface area contributed by atoms with Gasteiger partial charge < -0.3 is 5.11 Å². The predicted octanol–water partition coefficient (Wildman–Crippen LogP) is 1.98. The molecule has 0 aliphatic heterocycles. The van der Waals surface area contributed by atoms with E-state index in [0.717, 1.165) is 12.1 Å². The van der Waals surface area contributed by atoms with Gasteiger partial charge in [-0.25, -0.2) is 12.8 Å². The lowest BCUT2D eigenvalue weighted by molar-refractivity contribution is 0.276. The summed E-state index contributed by atoms with van der Waals surface area (Å²) in [6, 6.07) is 3.15. The molecule has 4 nitrogen and oxygen atoms in total. The van der Waals surface area contributed by atoms with Crippen LogP contribution in [0.4, 0.5) is 4.39 Å². The maximum Gasteiger partial charge on any atom is 0.243 e. The zero-order chi connectivity index (χ0) is 14.8. The van der Waals surface area contributed by atoms with Gasteiger partial charge in [0, 0.05) is 13.1 Å². The molecule has 0 radical (unpaired) electrons. The third-order valence-corrected chi connectivity index (χ3v) is 5.42. The number of aliphatic hydroxyl groups excluding tert-OH is 1. The van der Waals surface area contributed by atoms with E-state index in [9.17, 15) is 17.9 Å². The highest BCUT2D eigenvalue weighted by atomic mass is 32.2. The zero-order valence-electron chi connectivity index (χ0n) is 11.6. The van der Waals surface area contributed by atoms with E-state index in [4.69, 9.17) is 0 Å². The first-order chi connectivity index (χ1) is 8.71. The number of hydrogen-bond acceptors (Lipinski definition) is 3. The summed E-state index contributed by atoms with van der Waals surface area (Å²) in [5, 5.41) is 9.20. The molecule has 6 heteroatoms. The molecule has 1 aromatic rings. The summed E-state index contributed by atoms with van der Waals surface area (Å²) in [5.41, 5.74) is 0.198. The lowest BCUT2D eigenvalue weighted by atomic mass is 10.1. The van der Waals surface area contributed by atoms with Crippen LogP contribution in [0.15, 0.2) is 23.1 Å². The van der Waals surface area contributed by atoms with E-state index < -0.39 is 22.4 Å². The number of rotatable bonds is 5. The molecular weight excluding hydrogens is 269 g/mol. The highest BCUT2D eigenvalue weighted by molar-refractivity contribution is 7.89. The van der Waals surface area contributed by atoms with Crippen molar-refractivity contribution in [2.45, 2.75) is 38.3 Å². The van der Waals surface area contributed by atoms with E-state index in [0.29, 0.717) is 0 Å². The Bertz CT molecular complexity index is 543. The van der Waals surface area contributed by atoms with Gasteiger partial charge in [-0.15, -0.1) is 0 Å². The van der Waals surface area contributed by atoms with Crippen LogP contribution in [0, 0.1) is 11.7 Å². The van der Waals surface area contributed by atoms with Crippen LogP contribution in [0.1, 0.15) is 26.3 Å². The molecule has 108 valence electrons. The van der Waals surface area contributed by atoms with Crippen molar-refractivity contribution in [2.24, 2.45) is 5.92 Å². The van der Waals surface area contributed by atoms with Gasteiger partial charge in [-0.05, 0) is 30.5 Å². The van der Waals surface area contributed by atoms with E-state index in [1.165, 1.54) is 17.4 Å². The van der Waals surface area contributed by atoms with Crippen molar-refractivity contribution in [3.8, 4) is 0 Å². The molecule has 1 N–H and O–H groups in total. The normalized spacial score (nSPS) is 14.1. The van der Waals surface area contributed by atoms with Crippen LogP contribution in [0.5, 0.6) is 0 Å². The van der Waals surface area contributed by atoms with Crippen LogP contribution >= 0.6 is 0 Å². The van der Waals surface area contributed by atoms with E-state index in [-0.39, 0.29) is 22.4 Å². The van der Waals surface area contributed by atoms with Gasteiger partial charge in [0.05, 0.1) is 11.5 Å². The summed E-state index contributed by atoms with van der Waals surface area (Å²) < 4.78 is 39.4. The number of nitrogens with zero attached hydrogens (tertiary/aromatic N) is 1. The number of halogens is 1. The van der Waals surface area contributed by atoms with Gasteiger partial charge in [0.25, 0.3) is 0 Å². The Balaban J connectivity index is 3.31. The van der Waals surface area contributed by atoms with E-state index in [1.54, 1.807) is 6.92 Å². The fraction of sp³-hybridized carbons (Fsp3) is 0.538. The maximum atomic E-state index is 13.3. The summed E-state index contributed by atoms with van der Waals surface area (Å²) in [5.74, 6) is -0.507. The maximum absolute atomic E-state index is 13.3. The lowest BCUT2D eigenvalue weighted by Crippen LogP contribution is -2.38. The fourth-order valence-corrected chi connectivity index (χ4v) is 3.41. The molecule has 1 unspecified atom stereocenters. The quantitative estimate of drug-likeness (QED) is 0.901. The largest absolute Gasteiger partial charge is 0.392 e. The average Bonchev–Trinajstić information content (AvgIpc) is 2.36. The zero-order valence-corrected chi connectivity index (χ0v) is 12.4. The van der Waals surface area contributed by atoms with Crippen LogP contribution in [-0.4, -0.2) is 30.9 Å². The summed E-state index contributed by atoms with van der Waals surface area (Å²) in [6.07, 6.45) is 0. The van der Waals surface area contributed by atoms with Crippen molar-refractivity contribution in [3.63, 3.8) is 0 Å². The standard InChI is InChI=1S/C13H20FNO3S/c1-9(2)10(3)15(4)19(17,18)13-7-12(14)6-5-11(13)8-16/h5-7,9-10,16H,8H2,1-4H3. The van der Waals surface area contributed by atoms with Crippen molar-refractivity contribution in [1.82, 2.24) is 4.31 Å². The molecule has 0 heterocycles. The fourth-order valence-electron chi connectivity index (χ4n) is 1.69. The number of sulfonamides is 1. The molecule has 0 bridgehead atoms. The van der Waals surface area contributed by atoms with Crippen LogP contribution in [0.25, 0.3) is 0 Å². The Hall–Kier alpha value is -0.980. The monoisotopic (exact) mass is 289 g/mol. The molecule has 0 aliphatic rings. The Morgan fingerprint density at radius 3 is 2.37 bits per heavy atom. The summed E-state index contributed by atoms with van der Waals surface area (Å²) in [7, 11) is -2.35. The first kappa shape index (κ1) is 16.1. The smallest absolute Gasteiger partial charge is 0.243 e. The minimum Gasteiger partial charge on any atom is -0.392 e. The molecular formula is C13H20FNO3S. The van der Waals surface area contributed by atoms with E-state index in [1.807, 2.05) is 13.8 Å². The molecule has 1 aromatic carbocycles. The second-order valence-corrected chi connectivity index (χ2v) is 6.88. The Morgan fingerprint density at radius 1 is 1.32 bits per heavy atom. The van der Waals surface area contributed by atoms with Gasteiger partial charge >= 0.3 is 0 Å². The highest BCUT2D eigenvalue weighted by Gasteiger charge is 2.29. The summed E-state index contributed by atoms with van der Waals surface area (Å²) in [4.78, 5) is -0.176. The SMILES string of the molecule is CC(C)C(C)N(C)S(=O)(=O)c1cc(F)ccc1CO. The second-order valence-electron chi connectivity index (χ2n) is 4.92. The number of hydrogen-bond donors (Lipinski definition) is 1. The Labute approximate surface area is 113 Å². The Morgan fingerprint density at radius 2 is 1.89 bits per heavy atom. The van der Waals surface area contributed by atoms with Gasteiger partial charge in [0.1, 0.15) is 5.82 Å². The molecule has 1 atom stereocenters. The minimum atomic E-state index is -3.82. The predicted molar refractivity (Wildman–Crippen MR) is 71.6 cm³/mol. The molecule has 0 spiro atoms. The summed E-state index contributed by atoms with van der Waals surface area (Å²) >= 11 is 0. The van der Waals surface area contributed by atoms with Crippen LogP contribution < -0.4 is 0 Å². The third-order valence-electron chi connectivity index (χ3n) is 3.39. The molecule has 0 saturated carbocycles. The van der Waals surface area contributed by atoms with Gasteiger partial charge in [-0.1, -0.05) is 19.9 Å². The summed E-state index contributed by atoms with van der Waals surface area (Å²) in [6.45, 7) is 5.17. The molecule has 19 heavy (non-hydrogen) atoms. The topological polar surface area (TPSA) is 57.6 Å². The second kappa shape index (κ2) is 5.98. The van der Waals surface area contributed by atoms with Crippen molar-refractivity contribution in [1.29, 1.82) is 0 Å². The van der Waals surface area contributed by atoms with Crippen molar-refractivity contribution >= 4 is 10.0 Å². The highest BCUT2D eigenvalue weighted by Crippen LogP contribution is 2.24. The molecule has 0 aliphatic carbocycles. The van der Waals surface area contributed by atoms with Crippen LogP contribution in [0.3, 0.4) is 0 Å². The van der Waals surface area contributed by atoms with Crippen LogP contribution in [0.2, 0.25) is 0 Å². The average molecular weight is 289 g/mol. The van der Waals surface area contributed by atoms with Gasteiger partial charge in [-0.3, -0.25) is 0 Å². The van der Waals surface area contributed by atoms with Gasteiger partial charge in [0.2, 0.25) is 10.0 Å². The molecule has 0 fully saturated rings. The van der Waals surface area contributed by atoms with Crippen molar-refractivity contribution < 1.29 is 17.9 Å². The number of aliphatic hydroxyl groups is 1. The van der Waals surface area contributed by atoms with E-state index >= 15 is 0 Å². The van der Waals surface area contributed by atoms with Crippen LogP contribution in [-0.2, 0) is 16.6 Å². The van der Waals surface area contributed by atoms with E-state index in [2.05, 4.69) is 0 Å². The van der Waals surface area contributed by atoms with Gasteiger partial charge in [0.15, 0.2) is 0 Å². The molecule has 1 rings (SSSR count). The minimum absolute atomic E-state index is 0.130. The molecule has 0 aromatic heterocycles. The Kier molecular flexibility index (Phi) is 5.06. The van der Waals surface area contributed by atoms with Gasteiger partial charge in [-0.2, -0.15) is 4.31 Å². The van der Waals surface area contributed by atoms with Crippen molar-refractivity contribution in [3.05, 3.63) is 29.6 Å². The lowest BCUT2D eigenvalue weighted by Gasteiger charge is -2.27. The van der Waals surface area contributed by atoms with Crippen molar-refractivity contribution in [2.75, 3.05) is 7.05 Å².